The molecule has 0 aliphatic rings. The zero-order chi connectivity index (χ0) is 16.2. The minimum Gasteiger partial charge on any atom is -0.453 e. The quantitative estimate of drug-likeness (QED) is 0.648. The van der Waals surface area contributed by atoms with Gasteiger partial charge in [0.1, 0.15) is 5.75 Å². The van der Waals surface area contributed by atoms with Gasteiger partial charge in [0.2, 0.25) is 0 Å². The summed E-state index contributed by atoms with van der Waals surface area (Å²) in [6.07, 6.45) is 0.755. The monoisotopic (exact) mass is 352 g/mol. The van der Waals surface area contributed by atoms with Crippen molar-refractivity contribution < 1.29 is 14.3 Å². The summed E-state index contributed by atoms with van der Waals surface area (Å²) >= 11 is 11.8. The number of hydrogen-bond donors (Lipinski definition) is 2. The van der Waals surface area contributed by atoms with E-state index < -0.39 is 6.10 Å². The minimum absolute atomic E-state index is 0.170. The van der Waals surface area contributed by atoms with Crippen molar-refractivity contribution in [3.63, 3.8) is 0 Å². The summed E-state index contributed by atoms with van der Waals surface area (Å²) in [7, 11) is 0. The van der Waals surface area contributed by atoms with Crippen molar-refractivity contribution in [3.8, 4) is 11.5 Å². The number of aromatic nitrogens is 1. The number of halogens is 2. The first-order chi connectivity index (χ1) is 11.2. The Bertz CT molecular complexity index is 807. The van der Waals surface area contributed by atoms with Gasteiger partial charge in [0, 0.05) is 12.2 Å². The van der Waals surface area contributed by atoms with Crippen LogP contribution in [0, 0.1) is 0 Å². The van der Waals surface area contributed by atoms with Crippen molar-refractivity contribution in [1.29, 1.82) is 0 Å². The Balaban J connectivity index is 1.77. The largest absolute Gasteiger partial charge is 0.453 e. The number of alkyl halides is 1. The lowest BCUT2D eigenvalue weighted by atomic mass is 10.2. The average molecular weight is 353 g/mol. The summed E-state index contributed by atoms with van der Waals surface area (Å²) in [5.41, 5.74) is 2.05. The van der Waals surface area contributed by atoms with Crippen LogP contribution in [0.4, 0.5) is 5.69 Å². The zero-order valence-corrected chi connectivity index (χ0v) is 13.5. The molecular weight excluding hydrogens is 339 g/mol. The van der Waals surface area contributed by atoms with Crippen LogP contribution in [0.3, 0.4) is 0 Å². The molecule has 0 aliphatic carbocycles. The molecule has 5 nitrogen and oxygen atoms in total. The summed E-state index contributed by atoms with van der Waals surface area (Å²) in [4.78, 5) is 4.13. The third-order valence-corrected chi connectivity index (χ3v) is 3.85. The molecule has 1 atom stereocenters. The molecule has 0 bridgehead atoms. The molecule has 0 aliphatic heterocycles. The summed E-state index contributed by atoms with van der Waals surface area (Å²) in [6, 6.07) is 10.7. The average Bonchev–Trinajstić information content (AvgIpc) is 3.04. The highest BCUT2D eigenvalue weighted by atomic mass is 35.5. The Hall–Kier alpha value is -1.95. The van der Waals surface area contributed by atoms with Crippen molar-refractivity contribution >= 4 is 40.0 Å². The maximum absolute atomic E-state index is 9.45. The van der Waals surface area contributed by atoms with E-state index in [-0.39, 0.29) is 5.88 Å². The molecular formula is C16H14Cl2N2O3. The number of rotatable bonds is 6. The molecule has 23 heavy (non-hydrogen) atoms. The van der Waals surface area contributed by atoms with Crippen molar-refractivity contribution in [1.82, 2.24) is 4.98 Å². The molecule has 0 saturated carbocycles. The summed E-state index contributed by atoms with van der Waals surface area (Å²) < 4.78 is 11.1. The molecule has 1 aromatic heterocycles. The number of fused-ring (bicyclic) bond motifs is 1. The molecule has 7 heteroatoms. The molecule has 3 rings (SSSR count). The number of aliphatic hydroxyl groups is 1. The number of aliphatic hydroxyl groups excluding tert-OH is 1. The molecule has 0 radical (unpaired) electrons. The van der Waals surface area contributed by atoms with E-state index in [1.54, 1.807) is 18.2 Å². The maximum atomic E-state index is 9.45. The fraction of sp³-hybridized carbons (Fsp3) is 0.188. The van der Waals surface area contributed by atoms with Gasteiger partial charge < -0.3 is 19.6 Å². The first kappa shape index (κ1) is 15.9. The van der Waals surface area contributed by atoms with Crippen LogP contribution in [-0.4, -0.2) is 28.6 Å². The van der Waals surface area contributed by atoms with Crippen LogP contribution in [0.15, 0.2) is 47.2 Å². The molecule has 2 N–H and O–H groups in total. The number of para-hydroxylation sites is 1. The van der Waals surface area contributed by atoms with Gasteiger partial charge >= 0.3 is 0 Å². The van der Waals surface area contributed by atoms with Crippen molar-refractivity contribution in [2.75, 3.05) is 17.7 Å². The van der Waals surface area contributed by atoms with Gasteiger partial charge in [-0.05, 0) is 30.3 Å². The molecule has 1 heterocycles. The third kappa shape index (κ3) is 3.69. The number of hydrogen-bond acceptors (Lipinski definition) is 5. The van der Waals surface area contributed by atoms with Gasteiger partial charge in [-0.3, -0.25) is 0 Å². The lowest BCUT2D eigenvalue weighted by Gasteiger charge is -2.12. The van der Waals surface area contributed by atoms with E-state index in [2.05, 4.69) is 10.3 Å². The van der Waals surface area contributed by atoms with Gasteiger partial charge in [-0.2, -0.15) is 0 Å². The van der Waals surface area contributed by atoms with Crippen LogP contribution >= 0.6 is 23.2 Å². The fourth-order valence-corrected chi connectivity index (χ4v) is 2.37. The number of oxazole rings is 1. The predicted molar refractivity (Wildman–Crippen MR) is 90.8 cm³/mol. The first-order valence-corrected chi connectivity index (χ1v) is 7.86. The van der Waals surface area contributed by atoms with Crippen LogP contribution in [-0.2, 0) is 0 Å². The van der Waals surface area contributed by atoms with Crippen LogP contribution in [0.1, 0.15) is 0 Å². The molecule has 2 aromatic carbocycles. The predicted octanol–water partition coefficient (Wildman–Crippen LogP) is 4.29. The summed E-state index contributed by atoms with van der Waals surface area (Å²) in [6.45, 7) is 0.346. The van der Waals surface area contributed by atoms with Gasteiger partial charge in [-0.25, -0.2) is 4.98 Å². The Morgan fingerprint density at radius 3 is 2.91 bits per heavy atom. The number of nitrogens with one attached hydrogen (secondary N) is 1. The van der Waals surface area contributed by atoms with E-state index in [9.17, 15) is 5.11 Å². The fourth-order valence-electron chi connectivity index (χ4n) is 2.04. The van der Waals surface area contributed by atoms with E-state index in [1.807, 2.05) is 18.2 Å². The van der Waals surface area contributed by atoms with E-state index in [1.165, 1.54) is 6.39 Å². The third-order valence-electron chi connectivity index (χ3n) is 3.20. The molecule has 0 saturated heterocycles. The second kappa shape index (κ2) is 7.08. The smallest absolute Gasteiger partial charge is 0.182 e. The highest BCUT2D eigenvalue weighted by Crippen LogP contribution is 2.34. The van der Waals surface area contributed by atoms with Gasteiger partial charge in [0.25, 0.3) is 0 Å². The van der Waals surface area contributed by atoms with Crippen LogP contribution in [0.5, 0.6) is 11.5 Å². The standard InChI is InChI=1S/C16H14Cl2N2O3/c17-7-11(21)8-19-10-4-5-13(12(18)6-10)23-15-3-1-2-14-16(15)20-9-22-14/h1-6,9,11,19,21H,7-8H2. The SMILES string of the molecule is OC(CCl)CNc1ccc(Oc2cccc3ocnc23)c(Cl)c1. The topological polar surface area (TPSA) is 67.5 Å². The highest BCUT2D eigenvalue weighted by Gasteiger charge is 2.10. The number of benzene rings is 2. The molecule has 0 spiro atoms. The van der Waals surface area contributed by atoms with Crippen molar-refractivity contribution in [2.45, 2.75) is 6.10 Å². The van der Waals surface area contributed by atoms with Crippen molar-refractivity contribution in [2.24, 2.45) is 0 Å². The van der Waals surface area contributed by atoms with Crippen LogP contribution in [0.25, 0.3) is 11.1 Å². The molecule has 120 valence electrons. The van der Waals surface area contributed by atoms with Gasteiger partial charge in [0.05, 0.1) is 17.0 Å². The Kier molecular flexibility index (Phi) is 4.91. The van der Waals surface area contributed by atoms with E-state index in [0.717, 1.165) is 5.69 Å². The molecule has 3 aromatic rings. The number of nitrogens with zero attached hydrogens (tertiary/aromatic N) is 1. The first-order valence-electron chi connectivity index (χ1n) is 6.95. The number of ether oxygens (including phenoxy) is 1. The maximum Gasteiger partial charge on any atom is 0.182 e. The normalized spacial score (nSPS) is 12.3. The van der Waals surface area contributed by atoms with Gasteiger partial charge in [-0.1, -0.05) is 17.7 Å². The Morgan fingerprint density at radius 2 is 2.13 bits per heavy atom. The van der Waals surface area contributed by atoms with Gasteiger partial charge in [-0.15, -0.1) is 11.6 Å². The molecule has 1 unspecified atom stereocenters. The lowest BCUT2D eigenvalue weighted by Crippen LogP contribution is -2.20. The Morgan fingerprint density at radius 1 is 1.26 bits per heavy atom. The van der Waals surface area contributed by atoms with E-state index in [4.69, 9.17) is 32.4 Å². The van der Waals surface area contributed by atoms with Gasteiger partial charge in [0.15, 0.2) is 23.2 Å². The second-order valence-corrected chi connectivity index (χ2v) is 5.61. The Labute approximate surface area is 142 Å². The lowest BCUT2D eigenvalue weighted by molar-refractivity contribution is 0.211. The summed E-state index contributed by atoms with van der Waals surface area (Å²) in [5.74, 6) is 1.24. The van der Waals surface area contributed by atoms with E-state index in [0.29, 0.717) is 34.2 Å². The summed E-state index contributed by atoms with van der Waals surface area (Å²) in [5, 5.41) is 12.9. The number of anilines is 1. The van der Waals surface area contributed by atoms with Crippen LogP contribution < -0.4 is 10.1 Å². The second-order valence-electron chi connectivity index (χ2n) is 4.89. The minimum atomic E-state index is -0.615. The molecule has 0 amide bonds. The molecule has 0 fully saturated rings. The van der Waals surface area contributed by atoms with E-state index >= 15 is 0 Å². The zero-order valence-electron chi connectivity index (χ0n) is 12.0. The highest BCUT2D eigenvalue weighted by molar-refractivity contribution is 6.32. The van der Waals surface area contributed by atoms with Crippen LogP contribution in [0.2, 0.25) is 5.02 Å². The van der Waals surface area contributed by atoms with Crippen molar-refractivity contribution in [3.05, 3.63) is 47.8 Å².